The molecule has 88 heavy (non-hydrogen) atoms. The molecule has 1 aliphatic rings. The SMILES string of the molecule is NCCCCN1CC(=O)N(CCOCc2ccccc2)CC(=O)N(CCOCc2ccccc2)CC(=O)N(CCCCN)CC(=O)N(CCOCc2ccccc2)CC(=O)N(CCOCc2ccccc2)CC1=O.O=C(O)C(F)(F)F.O=C(O)C(F)(F)F. The van der Waals surface area contributed by atoms with Crippen LogP contribution in [0.5, 0.6) is 0 Å². The first-order chi connectivity index (χ1) is 42.0. The van der Waals surface area contributed by atoms with Gasteiger partial charge in [-0.1, -0.05) is 121 Å². The third-order valence-electron chi connectivity index (χ3n) is 12.8. The van der Waals surface area contributed by atoms with Gasteiger partial charge in [0.1, 0.15) is 0 Å². The van der Waals surface area contributed by atoms with Crippen LogP contribution in [0.25, 0.3) is 0 Å². The minimum Gasteiger partial charge on any atom is -0.475 e. The van der Waals surface area contributed by atoms with E-state index in [0.717, 1.165) is 22.3 Å². The number of carboxylic acid groups (broad SMARTS) is 2. The lowest BCUT2D eigenvalue weighted by Gasteiger charge is -2.33. The molecule has 4 aromatic rings. The molecule has 0 radical (unpaired) electrons. The molecule has 5 rings (SSSR count). The van der Waals surface area contributed by atoms with Gasteiger partial charge in [0.15, 0.2) is 0 Å². The maximum atomic E-state index is 14.6. The summed E-state index contributed by atoms with van der Waals surface area (Å²) in [4.78, 5) is 113. The number of amides is 6. The molecule has 28 heteroatoms. The summed E-state index contributed by atoms with van der Waals surface area (Å²) in [6.45, 7) is -0.378. The minimum atomic E-state index is -5.08. The number of benzene rings is 4. The Hall–Kier alpha value is -8.02. The quantitative estimate of drug-likeness (QED) is 0.0447. The van der Waals surface area contributed by atoms with Crippen molar-refractivity contribution in [3.63, 3.8) is 0 Å². The van der Waals surface area contributed by atoms with E-state index in [9.17, 15) is 55.1 Å². The van der Waals surface area contributed by atoms with E-state index in [0.29, 0.717) is 38.8 Å². The van der Waals surface area contributed by atoms with Crippen LogP contribution in [0.4, 0.5) is 26.3 Å². The van der Waals surface area contributed by atoms with Crippen LogP contribution in [0, 0.1) is 0 Å². The Kier molecular flexibility index (Phi) is 34.7. The van der Waals surface area contributed by atoms with Crippen LogP contribution in [-0.4, -0.2) is 217 Å². The number of nitrogens with two attached hydrogens (primary N) is 2. The van der Waals surface area contributed by atoms with Crippen LogP contribution in [0.2, 0.25) is 0 Å². The van der Waals surface area contributed by atoms with Crippen LogP contribution < -0.4 is 11.5 Å². The molecule has 1 aliphatic heterocycles. The zero-order chi connectivity index (χ0) is 64.7. The van der Waals surface area contributed by atoms with Crippen molar-refractivity contribution < 1.29 is 93.9 Å². The molecule has 0 atom stereocenters. The number of unbranched alkanes of at least 4 members (excludes halogenated alkanes) is 2. The van der Waals surface area contributed by atoms with Crippen molar-refractivity contribution in [2.75, 3.05) is 118 Å². The van der Waals surface area contributed by atoms with Gasteiger partial charge in [-0.15, -0.1) is 0 Å². The Morgan fingerprint density at radius 1 is 0.352 bits per heavy atom. The zero-order valence-corrected chi connectivity index (χ0v) is 48.8. The van der Waals surface area contributed by atoms with Crippen LogP contribution in [0.3, 0.4) is 0 Å². The van der Waals surface area contributed by atoms with Gasteiger partial charge < -0.3 is 70.0 Å². The Bertz CT molecular complexity index is 2430. The fraction of sp³-hybridized carbons (Fsp3) is 0.467. The van der Waals surface area contributed by atoms with E-state index >= 15 is 0 Å². The Labute approximate surface area is 506 Å². The first-order valence-corrected chi connectivity index (χ1v) is 28.2. The predicted molar refractivity (Wildman–Crippen MR) is 308 cm³/mol. The van der Waals surface area contributed by atoms with Crippen molar-refractivity contribution in [3.05, 3.63) is 144 Å². The number of hydrogen-bond donors (Lipinski definition) is 4. The van der Waals surface area contributed by atoms with Crippen LogP contribution in [-0.2, 0) is 83.7 Å². The van der Waals surface area contributed by atoms with Gasteiger partial charge in [-0.25, -0.2) is 9.59 Å². The van der Waals surface area contributed by atoms with Crippen LogP contribution in [0.15, 0.2) is 121 Å². The van der Waals surface area contributed by atoms with Gasteiger partial charge in [-0.05, 0) is 61.0 Å². The largest absolute Gasteiger partial charge is 0.490 e. The van der Waals surface area contributed by atoms with Crippen LogP contribution >= 0.6 is 0 Å². The number of alkyl halides is 6. The molecule has 484 valence electrons. The second-order valence-electron chi connectivity index (χ2n) is 19.6. The molecular weight excluding hydrogens is 1170 g/mol. The molecule has 0 unspecified atom stereocenters. The summed E-state index contributed by atoms with van der Waals surface area (Å²) >= 11 is 0. The number of carbonyl (C=O) groups is 8. The number of carbonyl (C=O) groups excluding carboxylic acids is 6. The number of ether oxygens (including phenoxy) is 4. The first-order valence-electron chi connectivity index (χ1n) is 28.2. The number of hydrogen-bond acceptors (Lipinski definition) is 14. The molecule has 1 fully saturated rings. The molecule has 0 saturated carbocycles. The number of rotatable bonds is 28. The highest BCUT2D eigenvalue weighted by Gasteiger charge is 2.39. The van der Waals surface area contributed by atoms with Gasteiger partial charge in [0.05, 0.1) is 92.1 Å². The number of halogens is 6. The highest BCUT2D eigenvalue weighted by molar-refractivity contribution is 5.94. The van der Waals surface area contributed by atoms with Crippen molar-refractivity contribution in [1.82, 2.24) is 29.4 Å². The molecular formula is C60H78F6N8O14. The van der Waals surface area contributed by atoms with E-state index in [1.54, 1.807) is 0 Å². The van der Waals surface area contributed by atoms with Crippen molar-refractivity contribution in [1.29, 1.82) is 0 Å². The molecule has 1 saturated heterocycles. The summed E-state index contributed by atoms with van der Waals surface area (Å²) < 4.78 is 87.4. The zero-order valence-electron chi connectivity index (χ0n) is 48.8. The summed E-state index contributed by atoms with van der Waals surface area (Å²) in [6.07, 6.45) is -8.11. The summed E-state index contributed by atoms with van der Waals surface area (Å²) in [6, 6.07) is 38.1. The second kappa shape index (κ2) is 41.2. The minimum absolute atomic E-state index is 0.0114. The normalized spacial score (nSPS) is 14.5. The van der Waals surface area contributed by atoms with E-state index in [2.05, 4.69) is 0 Å². The third-order valence-corrected chi connectivity index (χ3v) is 12.8. The van der Waals surface area contributed by atoms with Gasteiger partial charge in [0.25, 0.3) is 0 Å². The van der Waals surface area contributed by atoms with Crippen molar-refractivity contribution in [2.24, 2.45) is 11.5 Å². The highest BCUT2D eigenvalue weighted by atomic mass is 19.4. The smallest absolute Gasteiger partial charge is 0.475 e. The van der Waals surface area contributed by atoms with Gasteiger partial charge >= 0.3 is 24.3 Å². The van der Waals surface area contributed by atoms with Crippen LogP contribution in [0.1, 0.15) is 47.9 Å². The molecule has 0 aromatic heterocycles. The number of carboxylic acids is 2. The average Bonchev–Trinajstić information content (AvgIpc) is 3.68. The molecule has 6 N–H and O–H groups in total. The summed E-state index contributed by atoms with van der Waals surface area (Å²) in [5.41, 5.74) is 15.4. The van der Waals surface area contributed by atoms with Crippen molar-refractivity contribution in [3.8, 4) is 0 Å². The molecule has 6 amide bonds. The standard InChI is InChI=1S/C56H76N8O10.2C2HF3O2/c57-25-13-15-27-59-37-54(68)64(32-36-74-46-50-23-11-4-12-24-50)42-56(70)62(30-34-72-44-48-19-7-2-8-20-48)40-52(66)60(28-16-14-26-58)38-53(67)63(31-35-73-45-49-21-9-3-10-22-49)41-55(69)61(39-51(59)65)29-33-71-43-47-17-5-1-6-18-47;2*3-2(4,5)1(6)7/h1-12,17-24H,13-16,25-46,57-58H2;2*(H,6,7). The monoisotopic (exact) mass is 1250 g/mol. The lowest BCUT2D eigenvalue weighted by Crippen LogP contribution is -2.54. The highest BCUT2D eigenvalue weighted by Crippen LogP contribution is 2.15. The Balaban J connectivity index is 0.00000129. The van der Waals surface area contributed by atoms with E-state index in [4.69, 9.17) is 50.2 Å². The van der Waals surface area contributed by atoms with E-state index in [1.807, 2.05) is 121 Å². The van der Waals surface area contributed by atoms with Crippen molar-refractivity contribution >= 4 is 47.4 Å². The lowest BCUT2D eigenvalue weighted by atomic mass is 10.2. The summed E-state index contributed by atoms with van der Waals surface area (Å²) in [5, 5.41) is 14.2. The molecule has 22 nitrogen and oxygen atoms in total. The fourth-order valence-electron chi connectivity index (χ4n) is 7.98. The number of aliphatic carboxylic acids is 2. The Morgan fingerprint density at radius 3 is 0.705 bits per heavy atom. The summed E-state index contributed by atoms with van der Waals surface area (Å²) in [5.74, 6) is -8.70. The third kappa shape index (κ3) is 31.1. The number of nitrogens with zero attached hydrogens (tertiary/aromatic N) is 6. The van der Waals surface area contributed by atoms with Gasteiger partial charge in [-0.2, -0.15) is 26.3 Å². The van der Waals surface area contributed by atoms with E-state index in [1.165, 1.54) is 29.4 Å². The first kappa shape index (κ1) is 74.2. The molecule has 0 bridgehead atoms. The molecule has 1 heterocycles. The lowest BCUT2D eigenvalue weighted by molar-refractivity contribution is -0.193. The fourth-order valence-corrected chi connectivity index (χ4v) is 7.98. The van der Waals surface area contributed by atoms with Gasteiger partial charge in [0.2, 0.25) is 35.4 Å². The van der Waals surface area contributed by atoms with E-state index < -0.39 is 99.0 Å². The maximum absolute atomic E-state index is 14.6. The molecule has 0 spiro atoms. The molecule has 4 aromatic carbocycles. The summed E-state index contributed by atoms with van der Waals surface area (Å²) in [7, 11) is 0. The van der Waals surface area contributed by atoms with E-state index in [-0.39, 0.29) is 92.1 Å². The van der Waals surface area contributed by atoms with Gasteiger partial charge in [-0.3, -0.25) is 28.8 Å². The van der Waals surface area contributed by atoms with Gasteiger partial charge in [0, 0.05) is 39.3 Å². The predicted octanol–water partition coefficient (Wildman–Crippen LogP) is 4.58. The molecule has 0 aliphatic carbocycles. The van der Waals surface area contributed by atoms with Crippen molar-refractivity contribution in [2.45, 2.75) is 64.5 Å². The second-order valence-corrected chi connectivity index (χ2v) is 19.6. The Morgan fingerprint density at radius 2 is 0.534 bits per heavy atom. The topological polar surface area (TPSA) is 285 Å². The average molecular weight is 1250 g/mol. The maximum Gasteiger partial charge on any atom is 0.490 e.